The largest absolute Gasteiger partial charge is 0.573 e. The van der Waals surface area contributed by atoms with E-state index in [4.69, 9.17) is 0 Å². The van der Waals surface area contributed by atoms with Crippen LogP contribution < -0.4 is 4.74 Å². The third kappa shape index (κ3) is 5.03. The zero-order valence-corrected chi connectivity index (χ0v) is 18.1. The number of hydrogen-bond acceptors (Lipinski definition) is 2. The predicted octanol–water partition coefficient (Wildman–Crippen LogP) is 6.75. The number of fused-ring (bicyclic) bond motifs is 1. The van der Waals surface area contributed by atoms with Crippen LogP contribution in [0.3, 0.4) is 0 Å². The Morgan fingerprint density at radius 3 is 2.21 bits per heavy atom. The van der Waals surface area contributed by atoms with Crippen LogP contribution in [0, 0.1) is 6.92 Å². The normalized spacial score (nSPS) is 12.6. The van der Waals surface area contributed by atoms with Crippen LogP contribution in [0.1, 0.15) is 29.7 Å². The molecule has 0 aliphatic heterocycles. The number of carboxylic acids is 1. The summed E-state index contributed by atoms with van der Waals surface area (Å²) in [6, 6.07) is 21.3. The van der Waals surface area contributed by atoms with Gasteiger partial charge in [-0.25, -0.2) is 0 Å². The predicted molar refractivity (Wildman–Crippen MR) is 120 cm³/mol. The first-order chi connectivity index (χ1) is 15.6. The molecular weight excluding hydrogens is 431 g/mol. The molecule has 1 aromatic heterocycles. The molecule has 1 N–H and O–H groups in total. The maximum Gasteiger partial charge on any atom is 0.573 e. The first kappa shape index (κ1) is 22.5. The van der Waals surface area contributed by atoms with Crippen LogP contribution in [-0.4, -0.2) is 22.0 Å². The molecule has 1 atom stereocenters. The molecule has 4 aromatic rings. The minimum Gasteiger partial charge on any atom is -0.481 e. The molecule has 4 rings (SSSR count). The van der Waals surface area contributed by atoms with E-state index in [0.717, 1.165) is 33.2 Å². The monoisotopic (exact) mass is 453 g/mol. The molecule has 0 spiro atoms. The van der Waals surface area contributed by atoms with Crippen molar-refractivity contribution in [3.05, 3.63) is 89.6 Å². The van der Waals surface area contributed by atoms with Gasteiger partial charge in [0.2, 0.25) is 0 Å². The van der Waals surface area contributed by atoms with Crippen molar-refractivity contribution in [3.8, 4) is 16.9 Å². The average molecular weight is 453 g/mol. The Morgan fingerprint density at radius 1 is 0.970 bits per heavy atom. The van der Waals surface area contributed by atoms with Crippen molar-refractivity contribution in [1.82, 2.24) is 4.57 Å². The summed E-state index contributed by atoms with van der Waals surface area (Å²) in [7, 11) is 0. The summed E-state index contributed by atoms with van der Waals surface area (Å²) in [6.45, 7) is 4.19. The number of rotatable bonds is 6. The number of ether oxygens (including phenoxy) is 1. The van der Waals surface area contributed by atoms with Crippen LogP contribution in [0.5, 0.6) is 5.75 Å². The van der Waals surface area contributed by atoms with E-state index in [1.54, 1.807) is 19.1 Å². The van der Waals surface area contributed by atoms with Gasteiger partial charge in [-0.05, 0) is 60.9 Å². The maximum atomic E-state index is 12.4. The van der Waals surface area contributed by atoms with Gasteiger partial charge in [-0.3, -0.25) is 4.79 Å². The Kier molecular flexibility index (Phi) is 5.89. The maximum absolute atomic E-state index is 12.4. The van der Waals surface area contributed by atoms with Gasteiger partial charge in [0.05, 0.1) is 5.92 Å². The highest BCUT2D eigenvalue weighted by Crippen LogP contribution is 2.32. The quantitative estimate of drug-likeness (QED) is 0.351. The van der Waals surface area contributed by atoms with Gasteiger partial charge in [0.15, 0.2) is 0 Å². The van der Waals surface area contributed by atoms with Crippen LogP contribution in [-0.2, 0) is 11.3 Å². The zero-order chi connectivity index (χ0) is 23.8. The van der Waals surface area contributed by atoms with Crippen LogP contribution >= 0.6 is 0 Å². The van der Waals surface area contributed by atoms with Gasteiger partial charge in [0.1, 0.15) is 5.75 Å². The van der Waals surface area contributed by atoms with Gasteiger partial charge in [-0.15, -0.1) is 13.2 Å². The molecule has 0 radical (unpaired) electrons. The molecule has 1 heterocycles. The van der Waals surface area contributed by atoms with Crippen LogP contribution in [0.25, 0.3) is 22.0 Å². The van der Waals surface area contributed by atoms with E-state index < -0.39 is 18.2 Å². The smallest absolute Gasteiger partial charge is 0.481 e. The Hall–Kier alpha value is -3.74. The van der Waals surface area contributed by atoms with E-state index in [9.17, 15) is 23.1 Å². The third-order valence-electron chi connectivity index (χ3n) is 5.63. The first-order valence-electron chi connectivity index (χ1n) is 10.4. The van der Waals surface area contributed by atoms with Gasteiger partial charge in [-0.2, -0.15) is 0 Å². The van der Waals surface area contributed by atoms with Crippen molar-refractivity contribution in [2.24, 2.45) is 0 Å². The molecule has 0 amide bonds. The highest BCUT2D eigenvalue weighted by molar-refractivity contribution is 5.88. The van der Waals surface area contributed by atoms with Crippen LogP contribution in [0.4, 0.5) is 13.2 Å². The van der Waals surface area contributed by atoms with Crippen molar-refractivity contribution >= 4 is 16.9 Å². The lowest BCUT2D eigenvalue weighted by molar-refractivity contribution is -0.274. The van der Waals surface area contributed by atoms with Crippen molar-refractivity contribution in [2.45, 2.75) is 32.7 Å². The molecule has 1 unspecified atom stereocenters. The van der Waals surface area contributed by atoms with Crippen LogP contribution in [0.15, 0.2) is 72.8 Å². The lowest BCUT2D eigenvalue weighted by atomic mass is 10.0. The number of halogens is 3. The van der Waals surface area contributed by atoms with E-state index in [1.807, 2.05) is 60.0 Å². The first-order valence-corrected chi connectivity index (χ1v) is 10.4. The van der Waals surface area contributed by atoms with Gasteiger partial charge in [0, 0.05) is 23.1 Å². The molecule has 0 fully saturated rings. The summed E-state index contributed by atoms with van der Waals surface area (Å²) in [5.74, 6) is -1.90. The van der Waals surface area contributed by atoms with Crippen molar-refractivity contribution < 1.29 is 27.8 Å². The molecule has 0 saturated heterocycles. The molecule has 0 bridgehead atoms. The third-order valence-corrected chi connectivity index (χ3v) is 5.63. The Balaban J connectivity index is 1.73. The van der Waals surface area contributed by atoms with Crippen molar-refractivity contribution in [3.63, 3.8) is 0 Å². The van der Waals surface area contributed by atoms with E-state index in [0.29, 0.717) is 12.2 Å². The second kappa shape index (κ2) is 8.65. The standard InChI is InChI=1S/C26H22F3NO3/c1-16-3-5-18(6-4-16)15-30-23-12-9-20(13-21(23)14-24(30)17(2)25(31)32)19-7-10-22(11-8-19)33-26(27,28)29/h3-14,17H,15H2,1-2H3,(H,31,32). The number of benzene rings is 3. The molecule has 7 heteroatoms. The SMILES string of the molecule is Cc1ccc(Cn2c(C(C)C(=O)O)cc3cc(-c4ccc(OC(F)(F)F)cc4)ccc32)cc1. The number of carboxylic acid groups (broad SMARTS) is 1. The second-order valence-electron chi connectivity index (χ2n) is 8.05. The van der Waals surface area contributed by atoms with Gasteiger partial charge in [0.25, 0.3) is 0 Å². The number of carbonyl (C=O) groups is 1. The Bertz CT molecular complexity index is 1290. The molecule has 3 aromatic carbocycles. The number of aromatic nitrogens is 1. The number of nitrogens with zero attached hydrogens (tertiary/aromatic N) is 1. The summed E-state index contributed by atoms with van der Waals surface area (Å²) >= 11 is 0. The van der Waals surface area contributed by atoms with Crippen LogP contribution in [0.2, 0.25) is 0 Å². The number of alkyl halides is 3. The van der Waals surface area contributed by atoms with E-state index >= 15 is 0 Å². The average Bonchev–Trinajstić information content (AvgIpc) is 3.11. The summed E-state index contributed by atoms with van der Waals surface area (Å²) in [6.07, 6.45) is -4.74. The summed E-state index contributed by atoms with van der Waals surface area (Å²) < 4.78 is 43.2. The number of aryl methyl sites for hydroxylation is 1. The van der Waals surface area contributed by atoms with Gasteiger partial charge in [-0.1, -0.05) is 48.0 Å². The topological polar surface area (TPSA) is 51.5 Å². The van der Waals surface area contributed by atoms with Gasteiger partial charge < -0.3 is 14.4 Å². The molecule has 170 valence electrons. The Labute approximate surface area is 188 Å². The lowest BCUT2D eigenvalue weighted by Gasteiger charge is -2.14. The number of aliphatic carboxylic acids is 1. The molecular formula is C26H22F3NO3. The van der Waals surface area contributed by atoms with E-state index in [1.165, 1.54) is 12.1 Å². The highest BCUT2D eigenvalue weighted by Gasteiger charge is 2.31. The Morgan fingerprint density at radius 2 is 1.61 bits per heavy atom. The fraction of sp³-hybridized carbons (Fsp3) is 0.192. The summed E-state index contributed by atoms with van der Waals surface area (Å²) in [5, 5.41) is 10.5. The highest BCUT2D eigenvalue weighted by atomic mass is 19.4. The molecule has 33 heavy (non-hydrogen) atoms. The van der Waals surface area contributed by atoms with Gasteiger partial charge >= 0.3 is 12.3 Å². The molecule has 0 saturated carbocycles. The van der Waals surface area contributed by atoms with E-state index in [2.05, 4.69) is 4.74 Å². The minimum atomic E-state index is -4.74. The summed E-state index contributed by atoms with van der Waals surface area (Å²) in [5.41, 5.74) is 5.31. The fourth-order valence-corrected chi connectivity index (χ4v) is 3.86. The second-order valence-corrected chi connectivity index (χ2v) is 8.05. The van der Waals surface area contributed by atoms with Crippen molar-refractivity contribution in [2.75, 3.05) is 0 Å². The molecule has 0 aliphatic rings. The molecule has 4 nitrogen and oxygen atoms in total. The lowest BCUT2D eigenvalue weighted by Crippen LogP contribution is -2.16. The minimum absolute atomic E-state index is 0.283. The fourth-order valence-electron chi connectivity index (χ4n) is 3.86. The summed E-state index contributed by atoms with van der Waals surface area (Å²) in [4.78, 5) is 11.7. The van der Waals surface area contributed by atoms with Crippen molar-refractivity contribution in [1.29, 1.82) is 0 Å². The number of hydrogen-bond donors (Lipinski definition) is 1. The van der Waals surface area contributed by atoms with E-state index in [-0.39, 0.29) is 5.75 Å². The molecule has 0 aliphatic carbocycles. The zero-order valence-electron chi connectivity index (χ0n) is 18.1.